The van der Waals surface area contributed by atoms with E-state index < -0.39 is 11.2 Å². The van der Waals surface area contributed by atoms with Crippen molar-refractivity contribution in [2.45, 2.75) is 32.0 Å². The fourth-order valence-corrected chi connectivity index (χ4v) is 1.28. The first kappa shape index (κ1) is 12.0. The minimum Gasteiger partial charge on any atom is -0.497 e. The second kappa shape index (κ2) is 3.83. The number of aliphatic hydroxyl groups is 2. The van der Waals surface area contributed by atoms with Crippen molar-refractivity contribution >= 4 is 0 Å². The Bertz CT molecular complexity index is 337. The second-order valence-corrected chi connectivity index (χ2v) is 4.36. The van der Waals surface area contributed by atoms with Gasteiger partial charge in [0, 0.05) is 0 Å². The van der Waals surface area contributed by atoms with Crippen LogP contribution in [0.25, 0.3) is 0 Å². The van der Waals surface area contributed by atoms with E-state index in [1.54, 1.807) is 52.1 Å². The van der Waals surface area contributed by atoms with Crippen LogP contribution < -0.4 is 4.74 Å². The zero-order chi connectivity index (χ0) is 11.7. The van der Waals surface area contributed by atoms with Crippen LogP contribution in [0.2, 0.25) is 0 Å². The van der Waals surface area contributed by atoms with E-state index in [1.165, 1.54) is 0 Å². The molecule has 0 saturated carbocycles. The lowest BCUT2D eigenvalue weighted by Gasteiger charge is -2.36. The number of methoxy groups -OCH3 is 1. The van der Waals surface area contributed by atoms with Crippen LogP contribution in [0.4, 0.5) is 0 Å². The van der Waals surface area contributed by atoms with Gasteiger partial charge < -0.3 is 14.9 Å². The normalized spacial score (nSPS) is 15.9. The van der Waals surface area contributed by atoms with Crippen molar-refractivity contribution < 1.29 is 14.9 Å². The summed E-state index contributed by atoms with van der Waals surface area (Å²) < 4.78 is 5.07. The largest absolute Gasteiger partial charge is 0.497 e. The number of rotatable bonds is 3. The summed E-state index contributed by atoms with van der Waals surface area (Å²) in [4.78, 5) is 0. The summed E-state index contributed by atoms with van der Waals surface area (Å²) in [6.45, 7) is 4.74. The molecule has 3 heteroatoms. The van der Waals surface area contributed by atoms with Gasteiger partial charge in [0.2, 0.25) is 0 Å². The highest BCUT2D eigenvalue weighted by atomic mass is 16.5. The van der Waals surface area contributed by atoms with E-state index in [2.05, 4.69) is 0 Å². The van der Waals surface area contributed by atoms with E-state index in [9.17, 15) is 10.2 Å². The molecule has 0 spiro atoms. The Morgan fingerprint density at radius 1 is 1.13 bits per heavy atom. The van der Waals surface area contributed by atoms with Gasteiger partial charge in [-0.2, -0.15) is 0 Å². The van der Waals surface area contributed by atoms with Crippen molar-refractivity contribution in [1.82, 2.24) is 0 Å². The molecule has 1 aromatic rings. The molecule has 0 aliphatic heterocycles. The van der Waals surface area contributed by atoms with E-state index in [0.717, 1.165) is 0 Å². The number of hydrogen-bond donors (Lipinski definition) is 2. The molecule has 1 atom stereocenters. The molecule has 84 valence electrons. The number of benzene rings is 1. The molecule has 0 heterocycles. The SMILES string of the molecule is COc1cccc(C(C)(O)C(C)(C)O)c1. The third-order valence-electron chi connectivity index (χ3n) is 2.82. The minimum absolute atomic E-state index is 0.634. The quantitative estimate of drug-likeness (QED) is 0.798. The van der Waals surface area contributed by atoms with Crippen molar-refractivity contribution in [1.29, 1.82) is 0 Å². The lowest BCUT2D eigenvalue weighted by atomic mass is 9.81. The van der Waals surface area contributed by atoms with Gasteiger partial charge in [0.1, 0.15) is 11.4 Å². The molecule has 1 unspecified atom stereocenters. The van der Waals surface area contributed by atoms with Crippen molar-refractivity contribution in [3.8, 4) is 5.75 Å². The minimum atomic E-state index is -1.30. The number of hydrogen-bond acceptors (Lipinski definition) is 3. The predicted molar refractivity (Wildman–Crippen MR) is 58.9 cm³/mol. The molecule has 0 aliphatic rings. The van der Waals surface area contributed by atoms with Gasteiger partial charge in [-0.1, -0.05) is 12.1 Å². The summed E-state index contributed by atoms with van der Waals surface area (Å²) >= 11 is 0. The lowest BCUT2D eigenvalue weighted by Crippen LogP contribution is -2.44. The van der Waals surface area contributed by atoms with Crippen LogP contribution in [0.5, 0.6) is 5.75 Å². The molecule has 0 bridgehead atoms. The molecule has 0 amide bonds. The number of ether oxygens (including phenoxy) is 1. The topological polar surface area (TPSA) is 49.7 Å². The molecular weight excluding hydrogens is 192 g/mol. The third-order valence-corrected chi connectivity index (χ3v) is 2.82. The molecule has 0 radical (unpaired) electrons. The lowest BCUT2D eigenvalue weighted by molar-refractivity contribution is -0.125. The van der Waals surface area contributed by atoms with Crippen LogP contribution >= 0.6 is 0 Å². The van der Waals surface area contributed by atoms with Crippen LogP contribution in [0.1, 0.15) is 26.3 Å². The van der Waals surface area contributed by atoms with Gasteiger partial charge in [0.25, 0.3) is 0 Å². The van der Waals surface area contributed by atoms with Crippen molar-refractivity contribution in [2.24, 2.45) is 0 Å². The van der Waals surface area contributed by atoms with Crippen LogP contribution in [0.3, 0.4) is 0 Å². The van der Waals surface area contributed by atoms with E-state index in [4.69, 9.17) is 4.74 Å². The molecule has 0 aliphatic carbocycles. The highest BCUT2D eigenvalue weighted by Gasteiger charge is 2.39. The van der Waals surface area contributed by atoms with E-state index in [1.807, 2.05) is 0 Å². The maximum Gasteiger partial charge on any atom is 0.119 e. The van der Waals surface area contributed by atoms with Gasteiger partial charge >= 0.3 is 0 Å². The van der Waals surface area contributed by atoms with Crippen LogP contribution in [0, 0.1) is 0 Å². The maximum atomic E-state index is 10.2. The molecule has 1 rings (SSSR count). The summed E-state index contributed by atoms with van der Waals surface area (Å²) in [7, 11) is 1.57. The highest BCUT2D eigenvalue weighted by molar-refractivity contribution is 5.33. The van der Waals surface area contributed by atoms with Gasteiger partial charge in [0.15, 0.2) is 0 Å². The zero-order valence-electron chi connectivity index (χ0n) is 9.61. The average molecular weight is 210 g/mol. The standard InChI is InChI=1S/C12H18O3/c1-11(2,13)12(3,14)9-6-5-7-10(8-9)15-4/h5-8,13-14H,1-4H3. The molecule has 15 heavy (non-hydrogen) atoms. The molecule has 2 N–H and O–H groups in total. The van der Waals surface area contributed by atoms with Crippen LogP contribution in [-0.4, -0.2) is 22.9 Å². The van der Waals surface area contributed by atoms with E-state index in [0.29, 0.717) is 11.3 Å². The van der Waals surface area contributed by atoms with Gasteiger partial charge in [-0.15, -0.1) is 0 Å². The Morgan fingerprint density at radius 2 is 1.73 bits per heavy atom. The van der Waals surface area contributed by atoms with Gasteiger partial charge in [-0.3, -0.25) is 0 Å². The maximum absolute atomic E-state index is 10.2. The smallest absolute Gasteiger partial charge is 0.119 e. The summed E-state index contributed by atoms with van der Waals surface area (Å²) in [5.41, 5.74) is -1.88. The third kappa shape index (κ3) is 2.30. The first-order chi connectivity index (χ1) is 6.79. The Labute approximate surface area is 90.3 Å². The van der Waals surface area contributed by atoms with Crippen molar-refractivity contribution in [3.05, 3.63) is 29.8 Å². The van der Waals surface area contributed by atoms with Crippen LogP contribution in [0.15, 0.2) is 24.3 Å². The van der Waals surface area contributed by atoms with Gasteiger partial charge in [-0.25, -0.2) is 0 Å². The first-order valence-electron chi connectivity index (χ1n) is 4.88. The first-order valence-corrected chi connectivity index (χ1v) is 4.88. The molecule has 1 aromatic carbocycles. The Balaban J connectivity index is 3.15. The van der Waals surface area contributed by atoms with Gasteiger partial charge in [0.05, 0.1) is 12.7 Å². The zero-order valence-corrected chi connectivity index (χ0v) is 9.61. The fourth-order valence-electron chi connectivity index (χ4n) is 1.28. The summed E-state index contributed by atoms with van der Waals surface area (Å²) in [5.74, 6) is 0.664. The van der Waals surface area contributed by atoms with E-state index >= 15 is 0 Å². The predicted octanol–water partition coefficient (Wildman–Crippen LogP) is 1.67. The monoisotopic (exact) mass is 210 g/mol. The van der Waals surface area contributed by atoms with Gasteiger partial charge in [-0.05, 0) is 38.5 Å². The van der Waals surface area contributed by atoms with Crippen molar-refractivity contribution in [2.75, 3.05) is 7.11 Å². The molecule has 0 aromatic heterocycles. The fraction of sp³-hybridized carbons (Fsp3) is 0.500. The second-order valence-electron chi connectivity index (χ2n) is 4.36. The van der Waals surface area contributed by atoms with Crippen LogP contribution in [-0.2, 0) is 5.60 Å². The molecule has 0 fully saturated rings. The summed E-state index contributed by atoms with van der Waals surface area (Å²) in [5, 5.41) is 20.1. The Morgan fingerprint density at radius 3 is 2.20 bits per heavy atom. The molecule has 3 nitrogen and oxygen atoms in total. The molecule has 0 saturated heterocycles. The summed E-state index contributed by atoms with van der Waals surface area (Å²) in [6.07, 6.45) is 0. The Kier molecular flexibility index (Phi) is 3.07. The van der Waals surface area contributed by atoms with Crippen molar-refractivity contribution in [3.63, 3.8) is 0 Å². The Hall–Kier alpha value is -1.06. The van der Waals surface area contributed by atoms with E-state index in [-0.39, 0.29) is 0 Å². The molecular formula is C12H18O3. The average Bonchev–Trinajstić information content (AvgIpc) is 2.16. The summed E-state index contributed by atoms with van der Waals surface area (Å²) in [6, 6.07) is 7.07. The highest BCUT2D eigenvalue weighted by Crippen LogP contribution is 2.33.